The van der Waals surface area contributed by atoms with Crippen molar-refractivity contribution in [2.24, 2.45) is 0 Å². The Morgan fingerprint density at radius 2 is 1.61 bits per heavy atom. The maximum Gasteiger partial charge on any atom is 0.160 e. The molecule has 6 heteroatoms. The van der Waals surface area contributed by atoms with E-state index >= 15 is 0 Å². The highest BCUT2D eigenvalue weighted by atomic mass is 15.2. The number of imidazole rings is 1. The number of fused-ring (bicyclic) bond motifs is 1. The molecule has 0 spiro atoms. The third-order valence-electron chi connectivity index (χ3n) is 5.62. The Hall–Kier alpha value is -3.41. The van der Waals surface area contributed by atoms with E-state index in [4.69, 9.17) is 21.4 Å². The highest BCUT2D eigenvalue weighted by molar-refractivity contribution is 5.77. The minimum atomic E-state index is 0.395. The highest BCUT2D eigenvalue weighted by Gasteiger charge is 2.33. The van der Waals surface area contributed by atoms with Crippen molar-refractivity contribution in [3.8, 4) is 11.3 Å². The van der Waals surface area contributed by atoms with Gasteiger partial charge in [0, 0.05) is 11.6 Å². The van der Waals surface area contributed by atoms with Gasteiger partial charge in [0.05, 0.1) is 5.69 Å². The Kier molecular flexibility index (Phi) is 3.79. The van der Waals surface area contributed by atoms with Gasteiger partial charge in [-0.3, -0.25) is 0 Å². The summed E-state index contributed by atoms with van der Waals surface area (Å²) in [5.41, 5.74) is 16.7. The average molecular weight is 370 g/mol. The van der Waals surface area contributed by atoms with Crippen molar-refractivity contribution in [2.75, 3.05) is 11.5 Å². The van der Waals surface area contributed by atoms with Gasteiger partial charge in [-0.15, -0.1) is 0 Å². The molecule has 4 N–H and O–H groups in total. The molecule has 6 nitrogen and oxygen atoms in total. The second-order valence-electron chi connectivity index (χ2n) is 7.51. The van der Waals surface area contributed by atoms with Crippen molar-refractivity contribution < 1.29 is 0 Å². The summed E-state index contributed by atoms with van der Waals surface area (Å²) in [4.78, 5) is 13.7. The van der Waals surface area contributed by atoms with Crippen molar-refractivity contribution >= 4 is 22.8 Å². The smallest absolute Gasteiger partial charge is 0.160 e. The molecule has 1 aliphatic carbocycles. The molecule has 0 atom stereocenters. The molecule has 1 aromatic carbocycles. The van der Waals surface area contributed by atoms with Crippen LogP contribution < -0.4 is 11.5 Å². The summed E-state index contributed by atoms with van der Waals surface area (Å²) < 4.78 is 2.28. The van der Waals surface area contributed by atoms with E-state index in [1.807, 2.05) is 12.1 Å². The maximum absolute atomic E-state index is 5.86. The van der Waals surface area contributed by atoms with Gasteiger partial charge in [0.2, 0.25) is 0 Å². The lowest BCUT2D eigenvalue weighted by Crippen LogP contribution is -2.26. The van der Waals surface area contributed by atoms with Crippen LogP contribution >= 0.6 is 0 Å². The van der Waals surface area contributed by atoms with E-state index in [-0.39, 0.29) is 0 Å². The average Bonchev–Trinajstić information content (AvgIpc) is 2.96. The van der Waals surface area contributed by atoms with Crippen LogP contribution in [-0.4, -0.2) is 19.5 Å². The Bertz CT molecular complexity index is 1140. The molecule has 1 saturated carbocycles. The number of nitrogen functional groups attached to an aromatic ring is 2. The number of hydrogen-bond donors (Lipinski definition) is 2. The van der Waals surface area contributed by atoms with Gasteiger partial charge in [-0.25, -0.2) is 15.0 Å². The zero-order valence-corrected chi connectivity index (χ0v) is 15.7. The van der Waals surface area contributed by atoms with Gasteiger partial charge in [0.15, 0.2) is 5.65 Å². The first-order valence-corrected chi connectivity index (χ1v) is 9.52. The van der Waals surface area contributed by atoms with E-state index in [0.717, 1.165) is 41.1 Å². The Balaban J connectivity index is 1.50. The van der Waals surface area contributed by atoms with Gasteiger partial charge in [-0.05, 0) is 55.5 Å². The monoisotopic (exact) mass is 370 g/mol. The van der Waals surface area contributed by atoms with Crippen LogP contribution in [0.25, 0.3) is 22.4 Å². The van der Waals surface area contributed by atoms with E-state index in [0.29, 0.717) is 23.6 Å². The van der Waals surface area contributed by atoms with Gasteiger partial charge in [-0.1, -0.05) is 30.3 Å². The molecule has 0 saturated heterocycles. The van der Waals surface area contributed by atoms with Crippen molar-refractivity contribution in [3.63, 3.8) is 0 Å². The summed E-state index contributed by atoms with van der Waals surface area (Å²) in [5, 5.41) is 0. The molecule has 0 bridgehead atoms. The van der Waals surface area contributed by atoms with Gasteiger partial charge in [-0.2, -0.15) is 0 Å². The first-order chi connectivity index (χ1) is 13.6. The zero-order valence-electron chi connectivity index (χ0n) is 15.7. The summed E-state index contributed by atoms with van der Waals surface area (Å²) in [5.74, 6) is 2.40. The molecular weight excluding hydrogens is 348 g/mol. The fourth-order valence-electron chi connectivity index (χ4n) is 4.20. The molecule has 0 radical (unpaired) electrons. The number of rotatable bonds is 3. The van der Waals surface area contributed by atoms with Crippen LogP contribution in [-0.2, 0) is 0 Å². The third-order valence-corrected chi connectivity index (χ3v) is 5.62. The highest BCUT2D eigenvalue weighted by Crippen LogP contribution is 2.46. The van der Waals surface area contributed by atoms with Gasteiger partial charge >= 0.3 is 0 Å². The van der Waals surface area contributed by atoms with Crippen molar-refractivity contribution in [1.82, 2.24) is 19.5 Å². The number of nitrogens with two attached hydrogens (primary N) is 2. The largest absolute Gasteiger partial charge is 0.384 e. The summed E-state index contributed by atoms with van der Waals surface area (Å²) in [6, 6.07) is 18.7. The van der Waals surface area contributed by atoms with E-state index in [9.17, 15) is 0 Å². The molecule has 1 fully saturated rings. The van der Waals surface area contributed by atoms with Crippen LogP contribution in [0.1, 0.15) is 36.2 Å². The topological polar surface area (TPSA) is 95.6 Å². The van der Waals surface area contributed by atoms with Gasteiger partial charge in [0.1, 0.15) is 23.0 Å². The first-order valence-electron chi connectivity index (χ1n) is 9.52. The maximum atomic E-state index is 5.86. The summed E-state index contributed by atoms with van der Waals surface area (Å²) in [6.07, 6.45) is 2.22. The lowest BCUT2D eigenvalue weighted by atomic mass is 9.75. The predicted molar refractivity (Wildman–Crippen MR) is 112 cm³/mol. The number of aromatic nitrogens is 4. The third kappa shape index (κ3) is 2.78. The van der Waals surface area contributed by atoms with E-state index in [1.165, 1.54) is 5.56 Å². The minimum absolute atomic E-state index is 0.395. The predicted octanol–water partition coefficient (Wildman–Crippen LogP) is 4.08. The molecule has 3 heterocycles. The number of anilines is 2. The zero-order chi connectivity index (χ0) is 19.3. The standard InChI is InChI=1S/C22H22N6/c1-13-25-19-8-7-18(16-11-20(23)27-21(24)12-16)26-22(19)28(13)17-9-15(10-17)14-5-3-2-4-6-14/h2-8,11-12,15,17H,9-10H2,1H3,(H4,23,24,27). The molecule has 140 valence electrons. The summed E-state index contributed by atoms with van der Waals surface area (Å²) in [6.45, 7) is 2.06. The Morgan fingerprint density at radius 3 is 2.32 bits per heavy atom. The molecular formula is C22H22N6. The number of hydrogen-bond acceptors (Lipinski definition) is 5. The van der Waals surface area contributed by atoms with E-state index in [2.05, 4.69) is 46.8 Å². The second kappa shape index (κ2) is 6.34. The molecule has 3 aromatic heterocycles. The lowest BCUT2D eigenvalue weighted by molar-refractivity contribution is 0.266. The fraction of sp³-hybridized carbons (Fsp3) is 0.227. The van der Waals surface area contributed by atoms with Crippen LogP contribution in [0, 0.1) is 6.92 Å². The van der Waals surface area contributed by atoms with Gasteiger partial charge in [0.25, 0.3) is 0 Å². The SMILES string of the molecule is Cc1nc2ccc(-c3cc(N)nc(N)c3)nc2n1C1CC(c2ccccc2)C1. The number of aryl methyl sites for hydroxylation is 1. The minimum Gasteiger partial charge on any atom is -0.384 e. The van der Waals surface area contributed by atoms with Crippen LogP contribution in [0.4, 0.5) is 11.6 Å². The van der Waals surface area contributed by atoms with Crippen molar-refractivity contribution in [3.05, 3.63) is 66.0 Å². The van der Waals surface area contributed by atoms with Crippen LogP contribution in [0.5, 0.6) is 0 Å². The van der Waals surface area contributed by atoms with Gasteiger partial charge < -0.3 is 16.0 Å². The molecule has 5 rings (SSSR count). The molecule has 0 amide bonds. The second-order valence-corrected chi connectivity index (χ2v) is 7.51. The quantitative estimate of drug-likeness (QED) is 0.566. The Labute approximate surface area is 163 Å². The van der Waals surface area contributed by atoms with Crippen LogP contribution in [0.2, 0.25) is 0 Å². The molecule has 0 aliphatic heterocycles. The number of nitrogens with zero attached hydrogens (tertiary/aromatic N) is 4. The molecule has 1 aliphatic rings. The van der Waals surface area contributed by atoms with Crippen LogP contribution in [0.3, 0.4) is 0 Å². The number of benzene rings is 1. The number of pyridine rings is 2. The summed E-state index contributed by atoms with van der Waals surface area (Å²) in [7, 11) is 0. The molecule has 28 heavy (non-hydrogen) atoms. The van der Waals surface area contributed by atoms with Crippen molar-refractivity contribution in [1.29, 1.82) is 0 Å². The van der Waals surface area contributed by atoms with E-state index in [1.54, 1.807) is 12.1 Å². The van der Waals surface area contributed by atoms with Crippen molar-refractivity contribution in [2.45, 2.75) is 31.7 Å². The normalized spacial score (nSPS) is 18.9. The fourth-order valence-corrected chi connectivity index (χ4v) is 4.20. The lowest BCUT2D eigenvalue weighted by Gasteiger charge is -2.37. The van der Waals surface area contributed by atoms with E-state index < -0.39 is 0 Å². The van der Waals surface area contributed by atoms with Crippen LogP contribution in [0.15, 0.2) is 54.6 Å². The summed E-state index contributed by atoms with van der Waals surface area (Å²) >= 11 is 0. The molecule has 4 aromatic rings. The first kappa shape index (κ1) is 16.7. The Morgan fingerprint density at radius 1 is 0.893 bits per heavy atom. The molecule has 0 unspecified atom stereocenters.